The van der Waals surface area contributed by atoms with Crippen molar-refractivity contribution in [1.82, 2.24) is 25.2 Å². The number of carbonyl (C=O) groups is 2. The Morgan fingerprint density at radius 2 is 1.64 bits per heavy atom. The van der Waals surface area contributed by atoms with E-state index in [2.05, 4.69) is 57.2 Å². The molecule has 0 aliphatic carbocycles. The third-order valence-electron chi connectivity index (χ3n) is 5.21. The zero-order chi connectivity index (χ0) is 25.7. The van der Waals surface area contributed by atoms with Crippen LogP contribution < -0.4 is 16.0 Å². The number of fused-ring (bicyclic) bond motifs is 1. The zero-order valence-electron chi connectivity index (χ0n) is 20.8. The Labute approximate surface area is 209 Å². The predicted octanol–water partition coefficient (Wildman–Crippen LogP) is 4.70. The van der Waals surface area contributed by atoms with Crippen molar-refractivity contribution in [2.75, 3.05) is 18.4 Å². The minimum Gasteiger partial charge on any atom is -0.444 e. The number of aryl methyl sites for hydroxylation is 1. The van der Waals surface area contributed by atoms with E-state index in [1.165, 1.54) is 5.56 Å². The number of benzene rings is 2. The second kappa shape index (κ2) is 10.5. The van der Waals surface area contributed by atoms with Crippen LogP contribution in [0, 0.1) is 6.92 Å². The topological polar surface area (TPSA) is 110 Å². The smallest absolute Gasteiger partial charge is 0.407 e. The van der Waals surface area contributed by atoms with Gasteiger partial charge in [-0.05, 0) is 69.7 Å². The summed E-state index contributed by atoms with van der Waals surface area (Å²) in [5, 5.41) is 13.1. The van der Waals surface area contributed by atoms with Gasteiger partial charge in [0.2, 0.25) is 5.95 Å². The molecule has 0 radical (unpaired) electrons. The van der Waals surface area contributed by atoms with Crippen LogP contribution in [0.15, 0.2) is 66.9 Å². The molecule has 0 bridgehead atoms. The third kappa shape index (κ3) is 6.38. The Hall–Kier alpha value is -4.40. The van der Waals surface area contributed by atoms with Gasteiger partial charge in [-0.25, -0.2) is 9.31 Å². The number of nitrogens with one attached hydrogen (secondary N) is 3. The molecule has 4 aromatic rings. The normalized spacial score (nSPS) is 11.2. The number of alkyl carbamates (subject to hydrolysis) is 1. The minimum atomic E-state index is -0.564. The highest BCUT2D eigenvalue weighted by Crippen LogP contribution is 2.25. The molecular formula is C27H30N6O3. The van der Waals surface area contributed by atoms with Crippen LogP contribution in [0.2, 0.25) is 0 Å². The Balaban J connectivity index is 1.35. The lowest BCUT2D eigenvalue weighted by Crippen LogP contribution is -2.37. The van der Waals surface area contributed by atoms with Crippen molar-refractivity contribution in [3.8, 4) is 11.1 Å². The molecule has 9 heteroatoms. The van der Waals surface area contributed by atoms with Crippen molar-refractivity contribution in [3.63, 3.8) is 0 Å². The fraction of sp³-hybridized carbons (Fsp3) is 0.259. The molecule has 0 aliphatic heterocycles. The lowest BCUT2D eigenvalue weighted by Gasteiger charge is -2.19. The summed E-state index contributed by atoms with van der Waals surface area (Å²) in [6, 6.07) is 19.3. The van der Waals surface area contributed by atoms with Gasteiger partial charge in [-0.2, -0.15) is 4.98 Å². The van der Waals surface area contributed by atoms with Crippen LogP contribution in [0.5, 0.6) is 0 Å². The summed E-state index contributed by atoms with van der Waals surface area (Å²) in [7, 11) is 0. The molecule has 2 amide bonds. The monoisotopic (exact) mass is 486 g/mol. The molecule has 9 nitrogen and oxygen atoms in total. The van der Waals surface area contributed by atoms with Gasteiger partial charge in [-0.15, -0.1) is 5.10 Å². The van der Waals surface area contributed by atoms with Crippen molar-refractivity contribution in [3.05, 3.63) is 78.0 Å². The molecule has 3 N–H and O–H groups in total. The van der Waals surface area contributed by atoms with Gasteiger partial charge in [0.05, 0.1) is 0 Å². The number of hydrogen-bond donors (Lipinski definition) is 3. The molecule has 2 heterocycles. The first-order chi connectivity index (χ1) is 17.2. The summed E-state index contributed by atoms with van der Waals surface area (Å²) >= 11 is 0. The second-order valence-electron chi connectivity index (χ2n) is 9.38. The van der Waals surface area contributed by atoms with Crippen molar-refractivity contribution in [2.24, 2.45) is 0 Å². The first kappa shape index (κ1) is 24.7. The van der Waals surface area contributed by atoms with Gasteiger partial charge >= 0.3 is 6.09 Å². The highest BCUT2D eigenvalue weighted by molar-refractivity contribution is 5.94. The van der Waals surface area contributed by atoms with Crippen LogP contribution in [0.4, 0.5) is 16.4 Å². The molecule has 0 saturated heterocycles. The van der Waals surface area contributed by atoms with Crippen LogP contribution in [0.25, 0.3) is 16.8 Å². The van der Waals surface area contributed by atoms with Crippen LogP contribution in [-0.2, 0) is 4.74 Å². The second-order valence-corrected chi connectivity index (χ2v) is 9.38. The van der Waals surface area contributed by atoms with Crippen LogP contribution in [0.1, 0.15) is 36.7 Å². The van der Waals surface area contributed by atoms with E-state index in [1.54, 1.807) is 49.6 Å². The number of hydrogen-bond acceptors (Lipinski definition) is 6. The quantitative estimate of drug-likeness (QED) is 0.327. The van der Waals surface area contributed by atoms with Gasteiger partial charge in [-0.3, -0.25) is 4.79 Å². The van der Waals surface area contributed by atoms with Gasteiger partial charge in [0.1, 0.15) is 5.60 Å². The molecule has 2 aromatic heterocycles. The molecule has 36 heavy (non-hydrogen) atoms. The number of anilines is 2. The van der Waals surface area contributed by atoms with Gasteiger partial charge < -0.3 is 20.7 Å². The fourth-order valence-electron chi connectivity index (χ4n) is 3.51. The van der Waals surface area contributed by atoms with Gasteiger partial charge in [0.15, 0.2) is 5.65 Å². The third-order valence-corrected chi connectivity index (χ3v) is 5.21. The average molecular weight is 487 g/mol. The summed E-state index contributed by atoms with van der Waals surface area (Å²) in [6.07, 6.45) is 1.34. The molecule has 0 spiro atoms. The molecule has 0 unspecified atom stereocenters. The predicted molar refractivity (Wildman–Crippen MR) is 139 cm³/mol. The van der Waals surface area contributed by atoms with E-state index in [0.29, 0.717) is 11.5 Å². The summed E-state index contributed by atoms with van der Waals surface area (Å²) in [5.74, 6) is 0.223. The van der Waals surface area contributed by atoms with Crippen LogP contribution >= 0.6 is 0 Å². The van der Waals surface area contributed by atoms with E-state index in [4.69, 9.17) is 4.74 Å². The number of rotatable bonds is 7. The highest BCUT2D eigenvalue weighted by Gasteiger charge is 2.15. The van der Waals surface area contributed by atoms with Crippen molar-refractivity contribution >= 4 is 29.3 Å². The first-order valence-electron chi connectivity index (χ1n) is 11.7. The minimum absolute atomic E-state index is 0.235. The fourth-order valence-corrected chi connectivity index (χ4v) is 3.51. The molecule has 2 aromatic carbocycles. The van der Waals surface area contributed by atoms with Crippen molar-refractivity contribution in [2.45, 2.75) is 33.3 Å². The van der Waals surface area contributed by atoms with E-state index in [1.807, 2.05) is 18.3 Å². The molecule has 186 valence electrons. The molecule has 0 aliphatic rings. The zero-order valence-corrected chi connectivity index (χ0v) is 20.8. The summed E-state index contributed by atoms with van der Waals surface area (Å²) in [6.45, 7) is 7.99. The van der Waals surface area contributed by atoms with E-state index < -0.39 is 11.7 Å². The van der Waals surface area contributed by atoms with Crippen molar-refractivity contribution < 1.29 is 14.3 Å². The van der Waals surface area contributed by atoms with E-state index in [0.717, 1.165) is 22.5 Å². The lowest BCUT2D eigenvalue weighted by atomic mass is 10.1. The SMILES string of the molecule is Cc1ccc(-c2cccn3nc(Nc4ccc(C(=O)NCCNC(=O)OC(C)(C)C)cc4)nc23)cc1. The van der Waals surface area contributed by atoms with Crippen LogP contribution in [-0.4, -0.2) is 45.3 Å². The van der Waals surface area contributed by atoms with Gasteiger partial charge in [-0.1, -0.05) is 29.8 Å². The summed E-state index contributed by atoms with van der Waals surface area (Å²) in [5.41, 5.74) is 4.70. The molecule has 4 rings (SSSR count). The maximum Gasteiger partial charge on any atom is 0.407 e. The Morgan fingerprint density at radius 3 is 2.33 bits per heavy atom. The average Bonchev–Trinajstić information content (AvgIpc) is 3.24. The number of amides is 2. The van der Waals surface area contributed by atoms with Gasteiger partial charge in [0.25, 0.3) is 5.91 Å². The molecule has 0 saturated carbocycles. The van der Waals surface area contributed by atoms with Crippen molar-refractivity contribution in [1.29, 1.82) is 0 Å². The largest absolute Gasteiger partial charge is 0.444 e. The summed E-state index contributed by atoms with van der Waals surface area (Å²) in [4.78, 5) is 28.7. The van der Waals surface area contributed by atoms with E-state index in [-0.39, 0.29) is 19.0 Å². The maximum absolute atomic E-state index is 12.4. The number of nitrogens with zero attached hydrogens (tertiary/aromatic N) is 3. The summed E-state index contributed by atoms with van der Waals surface area (Å²) < 4.78 is 6.90. The Morgan fingerprint density at radius 1 is 0.944 bits per heavy atom. The Bertz CT molecular complexity index is 1360. The number of carbonyl (C=O) groups excluding carboxylic acids is 2. The molecule has 0 atom stereocenters. The van der Waals surface area contributed by atoms with Gasteiger partial charge in [0, 0.05) is 36.1 Å². The number of pyridine rings is 1. The lowest BCUT2D eigenvalue weighted by molar-refractivity contribution is 0.0526. The van der Waals surface area contributed by atoms with E-state index in [9.17, 15) is 9.59 Å². The maximum atomic E-state index is 12.4. The highest BCUT2D eigenvalue weighted by atomic mass is 16.6. The number of aromatic nitrogens is 3. The molecule has 0 fully saturated rings. The van der Waals surface area contributed by atoms with E-state index >= 15 is 0 Å². The first-order valence-corrected chi connectivity index (χ1v) is 11.7. The van der Waals surface area contributed by atoms with Crippen LogP contribution in [0.3, 0.4) is 0 Å². The standard InChI is InChI=1S/C27H30N6O3/c1-18-7-9-19(10-8-18)22-6-5-17-33-23(22)31-25(32-33)30-21-13-11-20(12-14-21)24(34)28-15-16-29-26(35)36-27(2,3)4/h5-14,17H,15-16H2,1-4H3,(H,28,34)(H,29,35)(H,30,32). The molecular weight excluding hydrogens is 456 g/mol. The Kier molecular flexibility index (Phi) is 7.19. The number of ether oxygens (including phenoxy) is 1.